The lowest BCUT2D eigenvalue weighted by Gasteiger charge is -2.06. The SMILES string of the molecule is O=C(O)/C(Cl)=C(\Cl)C(=O)Nc1ccccc1Cl. The molecule has 0 unspecified atom stereocenters. The van der Waals surface area contributed by atoms with Crippen molar-refractivity contribution in [2.45, 2.75) is 0 Å². The van der Waals surface area contributed by atoms with Crippen LogP contribution in [0.15, 0.2) is 34.3 Å². The molecule has 0 radical (unpaired) electrons. The average molecular weight is 295 g/mol. The summed E-state index contributed by atoms with van der Waals surface area (Å²) in [7, 11) is 0. The van der Waals surface area contributed by atoms with Crippen molar-refractivity contribution in [3.63, 3.8) is 0 Å². The Bertz CT molecular complexity index is 499. The zero-order valence-electron chi connectivity index (χ0n) is 8.21. The molecule has 1 amide bonds. The normalized spacial score (nSPS) is 11.7. The molecular weight excluding hydrogens is 288 g/mol. The first-order chi connectivity index (χ1) is 7.93. The molecule has 0 spiro atoms. The largest absolute Gasteiger partial charge is 0.477 e. The number of halogens is 3. The number of hydrogen-bond acceptors (Lipinski definition) is 2. The van der Waals surface area contributed by atoms with Crippen LogP contribution in [0.1, 0.15) is 0 Å². The maximum Gasteiger partial charge on any atom is 0.349 e. The Morgan fingerprint density at radius 2 is 1.71 bits per heavy atom. The van der Waals surface area contributed by atoms with E-state index < -0.39 is 21.9 Å². The number of amides is 1. The number of carbonyl (C=O) groups excluding carboxylic acids is 1. The molecule has 0 aliphatic heterocycles. The summed E-state index contributed by atoms with van der Waals surface area (Å²) in [5.41, 5.74) is 0.312. The van der Waals surface area contributed by atoms with Gasteiger partial charge in [0.2, 0.25) is 0 Å². The van der Waals surface area contributed by atoms with Crippen LogP contribution in [0.5, 0.6) is 0 Å². The lowest BCUT2D eigenvalue weighted by molar-refractivity contribution is -0.132. The van der Waals surface area contributed by atoms with Gasteiger partial charge in [0.25, 0.3) is 5.91 Å². The number of rotatable bonds is 3. The maximum absolute atomic E-state index is 11.5. The number of carboxylic acids is 1. The molecule has 0 heterocycles. The number of carboxylic acid groups (broad SMARTS) is 1. The summed E-state index contributed by atoms with van der Waals surface area (Å²) >= 11 is 16.6. The third-order valence-electron chi connectivity index (χ3n) is 1.70. The fourth-order valence-electron chi connectivity index (χ4n) is 0.933. The molecule has 1 rings (SSSR count). The van der Waals surface area contributed by atoms with Crippen LogP contribution >= 0.6 is 34.8 Å². The minimum absolute atomic E-state index is 0.303. The third-order valence-corrected chi connectivity index (χ3v) is 2.84. The monoisotopic (exact) mass is 293 g/mol. The Hall–Kier alpha value is -1.23. The molecule has 0 aromatic heterocycles. The van der Waals surface area contributed by atoms with Gasteiger partial charge in [-0.2, -0.15) is 0 Å². The van der Waals surface area contributed by atoms with Crippen LogP contribution in [0.2, 0.25) is 5.02 Å². The predicted molar refractivity (Wildman–Crippen MR) is 66.4 cm³/mol. The standard InChI is InChI=1S/C10H6Cl3NO3/c11-5-3-1-2-4-6(5)14-9(15)7(12)8(13)10(16)17/h1-4H,(H,14,15)(H,16,17)/b8-7+. The van der Waals surface area contributed by atoms with E-state index in [-0.39, 0.29) is 0 Å². The first kappa shape index (κ1) is 13.8. The molecule has 90 valence electrons. The highest BCUT2D eigenvalue weighted by Gasteiger charge is 2.17. The molecule has 2 N–H and O–H groups in total. The van der Waals surface area contributed by atoms with E-state index in [1.165, 1.54) is 0 Å². The first-order valence-electron chi connectivity index (χ1n) is 4.28. The summed E-state index contributed by atoms with van der Waals surface area (Å²) in [4.78, 5) is 22.0. The van der Waals surface area contributed by atoms with Crippen LogP contribution in [0.4, 0.5) is 5.69 Å². The molecule has 17 heavy (non-hydrogen) atoms. The summed E-state index contributed by atoms with van der Waals surface area (Å²) < 4.78 is 0. The minimum Gasteiger partial charge on any atom is -0.477 e. The topological polar surface area (TPSA) is 66.4 Å². The van der Waals surface area contributed by atoms with Crippen molar-refractivity contribution in [3.05, 3.63) is 39.4 Å². The Labute approximate surface area is 112 Å². The van der Waals surface area contributed by atoms with Crippen molar-refractivity contribution >= 4 is 52.4 Å². The molecule has 0 saturated carbocycles. The van der Waals surface area contributed by atoms with Gasteiger partial charge in [-0.1, -0.05) is 46.9 Å². The highest BCUT2D eigenvalue weighted by atomic mass is 35.5. The van der Waals surface area contributed by atoms with E-state index >= 15 is 0 Å². The number of aliphatic carboxylic acids is 1. The average Bonchev–Trinajstić information content (AvgIpc) is 2.30. The van der Waals surface area contributed by atoms with Gasteiger partial charge >= 0.3 is 5.97 Å². The molecule has 0 aliphatic rings. The van der Waals surface area contributed by atoms with Gasteiger partial charge in [-0.05, 0) is 12.1 Å². The maximum atomic E-state index is 11.5. The second kappa shape index (κ2) is 5.91. The van der Waals surface area contributed by atoms with E-state index in [1.54, 1.807) is 24.3 Å². The van der Waals surface area contributed by atoms with Crippen molar-refractivity contribution in [3.8, 4) is 0 Å². The van der Waals surface area contributed by atoms with E-state index in [0.29, 0.717) is 10.7 Å². The quantitative estimate of drug-likeness (QED) is 0.842. The molecule has 7 heteroatoms. The molecule has 0 bridgehead atoms. The first-order valence-corrected chi connectivity index (χ1v) is 5.41. The van der Waals surface area contributed by atoms with Crippen LogP contribution in [-0.4, -0.2) is 17.0 Å². The van der Waals surface area contributed by atoms with Gasteiger partial charge in [0.05, 0.1) is 10.7 Å². The van der Waals surface area contributed by atoms with Crippen LogP contribution in [-0.2, 0) is 9.59 Å². The second-order valence-corrected chi connectivity index (χ2v) is 4.03. The number of anilines is 1. The molecule has 0 saturated heterocycles. The highest BCUT2D eigenvalue weighted by Crippen LogP contribution is 2.23. The third kappa shape index (κ3) is 3.63. The summed E-state index contributed by atoms with van der Waals surface area (Å²) in [5, 5.41) is 9.82. The van der Waals surface area contributed by atoms with Crippen molar-refractivity contribution in [2.24, 2.45) is 0 Å². The van der Waals surface area contributed by atoms with Crippen molar-refractivity contribution in [1.29, 1.82) is 0 Å². The summed E-state index contributed by atoms with van der Waals surface area (Å²) in [6, 6.07) is 6.43. The Balaban J connectivity index is 2.91. The van der Waals surface area contributed by atoms with Gasteiger partial charge in [0.1, 0.15) is 10.1 Å². The van der Waals surface area contributed by atoms with E-state index in [4.69, 9.17) is 39.9 Å². The zero-order chi connectivity index (χ0) is 13.0. The summed E-state index contributed by atoms with van der Waals surface area (Å²) in [6.07, 6.45) is 0. The van der Waals surface area contributed by atoms with Crippen LogP contribution < -0.4 is 5.32 Å². The minimum atomic E-state index is -1.48. The van der Waals surface area contributed by atoms with Gasteiger partial charge in [0, 0.05) is 0 Å². The lowest BCUT2D eigenvalue weighted by Crippen LogP contribution is -2.14. The summed E-state index contributed by atoms with van der Waals surface area (Å²) in [5.74, 6) is -2.32. The molecule has 1 aromatic carbocycles. The number of nitrogens with one attached hydrogen (secondary N) is 1. The molecule has 0 aliphatic carbocycles. The Morgan fingerprint density at radius 1 is 1.12 bits per heavy atom. The van der Waals surface area contributed by atoms with Crippen LogP contribution in [0, 0.1) is 0 Å². The van der Waals surface area contributed by atoms with Crippen LogP contribution in [0.25, 0.3) is 0 Å². The highest BCUT2D eigenvalue weighted by molar-refractivity contribution is 6.54. The number of benzene rings is 1. The zero-order valence-corrected chi connectivity index (χ0v) is 10.5. The van der Waals surface area contributed by atoms with Gasteiger partial charge in [-0.15, -0.1) is 0 Å². The van der Waals surface area contributed by atoms with E-state index in [2.05, 4.69) is 5.32 Å². The van der Waals surface area contributed by atoms with Gasteiger partial charge in [-0.3, -0.25) is 4.79 Å². The molecular formula is C10H6Cl3NO3. The number of carbonyl (C=O) groups is 2. The molecule has 0 atom stereocenters. The summed E-state index contributed by atoms with van der Waals surface area (Å²) in [6.45, 7) is 0. The molecule has 1 aromatic rings. The van der Waals surface area contributed by atoms with Crippen molar-refractivity contribution in [1.82, 2.24) is 0 Å². The second-order valence-electron chi connectivity index (χ2n) is 2.87. The fraction of sp³-hybridized carbons (Fsp3) is 0. The van der Waals surface area contributed by atoms with E-state index in [1.807, 2.05) is 0 Å². The van der Waals surface area contributed by atoms with Gasteiger partial charge in [0.15, 0.2) is 0 Å². The Morgan fingerprint density at radius 3 is 2.24 bits per heavy atom. The Kier molecular flexibility index (Phi) is 4.81. The van der Waals surface area contributed by atoms with Gasteiger partial charge < -0.3 is 10.4 Å². The molecule has 0 fully saturated rings. The lowest BCUT2D eigenvalue weighted by atomic mass is 10.3. The predicted octanol–water partition coefficient (Wildman–Crippen LogP) is 3.05. The van der Waals surface area contributed by atoms with Crippen molar-refractivity contribution in [2.75, 3.05) is 5.32 Å². The number of hydrogen-bond donors (Lipinski definition) is 2. The molecule has 4 nitrogen and oxygen atoms in total. The van der Waals surface area contributed by atoms with Crippen molar-refractivity contribution < 1.29 is 14.7 Å². The van der Waals surface area contributed by atoms with E-state index in [9.17, 15) is 9.59 Å². The van der Waals surface area contributed by atoms with Crippen LogP contribution in [0.3, 0.4) is 0 Å². The smallest absolute Gasteiger partial charge is 0.349 e. The number of para-hydroxylation sites is 1. The fourth-order valence-corrected chi connectivity index (χ4v) is 1.33. The van der Waals surface area contributed by atoms with E-state index in [0.717, 1.165) is 0 Å². The van der Waals surface area contributed by atoms with Gasteiger partial charge in [-0.25, -0.2) is 4.79 Å².